The number of rotatable bonds is 2. The minimum absolute atomic E-state index is 0.308. The molecule has 1 heterocycles. The number of aliphatic imine (C=N–C) groups is 2. The summed E-state index contributed by atoms with van der Waals surface area (Å²) in [6.07, 6.45) is 1.76. The summed E-state index contributed by atoms with van der Waals surface area (Å²) in [7, 11) is 0. The minimum Gasteiger partial charge on any atom is -0.361 e. The lowest BCUT2D eigenvalue weighted by Gasteiger charge is -2.03. The summed E-state index contributed by atoms with van der Waals surface area (Å²) in [5, 5.41) is 0.904. The summed E-state index contributed by atoms with van der Waals surface area (Å²) in [6.45, 7) is 5.96. The number of benzene rings is 1. The van der Waals surface area contributed by atoms with Gasteiger partial charge < -0.3 is 4.98 Å². The zero-order chi connectivity index (χ0) is 11.5. The average Bonchev–Trinajstić information content (AvgIpc) is 2.72. The van der Waals surface area contributed by atoms with Gasteiger partial charge in [0.25, 0.3) is 0 Å². The Labute approximate surface area is 92.7 Å². The lowest BCUT2D eigenvalue weighted by molar-refractivity contribution is 0.629. The molecule has 82 valence electrons. The number of fused-ring (bicyclic) bond motifs is 1. The van der Waals surface area contributed by atoms with Gasteiger partial charge in [-0.1, -0.05) is 0 Å². The monoisotopic (exact) mass is 217 g/mol. The molecule has 16 heavy (non-hydrogen) atoms. The topological polar surface area (TPSA) is 40.5 Å². The fourth-order valence-corrected chi connectivity index (χ4v) is 1.69. The molecule has 0 atom stereocenters. The van der Waals surface area contributed by atoms with Crippen LogP contribution in [-0.2, 0) is 0 Å². The molecule has 1 N–H and O–H groups in total. The first-order chi connectivity index (χ1) is 7.76. The highest BCUT2D eigenvalue weighted by Gasteiger charge is 2.09. The number of nitrogens with one attached hydrogen (secondary N) is 1. The first-order valence-corrected chi connectivity index (χ1v) is 5.04. The highest BCUT2D eigenvalue weighted by molar-refractivity contribution is 6.10. The zero-order valence-corrected chi connectivity index (χ0v) is 9.00. The summed E-state index contributed by atoms with van der Waals surface area (Å²) < 4.78 is 13.4. The average molecular weight is 217 g/mol. The maximum atomic E-state index is 13.4. The molecule has 0 unspecified atom stereocenters. The molecule has 1 aromatic heterocycles. The molecule has 4 heteroatoms. The van der Waals surface area contributed by atoms with Crippen molar-refractivity contribution >= 4 is 23.5 Å². The van der Waals surface area contributed by atoms with Crippen LogP contribution in [0.2, 0.25) is 0 Å². The van der Waals surface area contributed by atoms with Crippen LogP contribution < -0.4 is 0 Å². The Morgan fingerprint density at radius 2 is 2.31 bits per heavy atom. The van der Waals surface area contributed by atoms with Gasteiger partial charge in [0.05, 0.1) is 0 Å². The van der Waals surface area contributed by atoms with E-state index >= 15 is 0 Å². The normalized spacial score (nSPS) is 12.0. The Bertz CT molecular complexity index is 554. The molecule has 0 spiro atoms. The predicted octanol–water partition coefficient (Wildman–Crippen LogP) is 2.77. The minimum atomic E-state index is -0.308. The first kappa shape index (κ1) is 10.5. The molecule has 1 aromatic carbocycles. The van der Waals surface area contributed by atoms with Crippen LogP contribution in [0.5, 0.6) is 0 Å². The van der Waals surface area contributed by atoms with E-state index in [1.807, 2.05) is 13.0 Å². The Morgan fingerprint density at radius 3 is 3.00 bits per heavy atom. The number of amidine groups is 1. The van der Waals surface area contributed by atoms with E-state index in [0.29, 0.717) is 17.9 Å². The van der Waals surface area contributed by atoms with E-state index in [0.717, 1.165) is 10.9 Å². The smallest absolute Gasteiger partial charge is 0.154 e. The van der Waals surface area contributed by atoms with Crippen molar-refractivity contribution in [2.24, 2.45) is 9.98 Å². The fourth-order valence-electron chi connectivity index (χ4n) is 1.69. The van der Waals surface area contributed by atoms with Gasteiger partial charge in [0.1, 0.15) is 5.82 Å². The van der Waals surface area contributed by atoms with Gasteiger partial charge >= 0.3 is 0 Å². The molecule has 0 saturated carbocycles. The molecule has 0 bridgehead atoms. The van der Waals surface area contributed by atoms with E-state index in [9.17, 15) is 4.39 Å². The van der Waals surface area contributed by atoms with E-state index in [2.05, 4.69) is 21.7 Å². The summed E-state index contributed by atoms with van der Waals surface area (Å²) >= 11 is 0. The standard InChI is InChI=1S/C12H12FN3/c1-3-15-12(14-2)10-6-8(13)7-11-9(10)4-5-16-11/h4-7,16H,2-3H2,1H3. The second-order valence-corrected chi connectivity index (χ2v) is 3.35. The molecule has 0 amide bonds. The van der Waals surface area contributed by atoms with Crippen LogP contribution in [0, 0.1) is 5.82 Å². The van der Waals surface area contributed by atoms with E-state index in [-0.39, 0.29) is 5.82 Å². The van der Waals surface area contributed by atoms with Gasteiger partial charge in [-0.2, -0.15) is 0 Å². The predicted molar refractivity (Wildman–Crippen MR) is 64.9 cm³/mol. The highest BCUT2D eigenvalue weighted by Crippen LogP contribution is 2.20. The SMILES string of the molecule is C=NC(=NCC)c1cc(F)cc2[nH]ccc12. The lowest BCUT2D eigenvalue weighted by atomic mass is 10.1. The van der Waals surface area contributed by atoms with Crippen LogP contribution in [0.15, 0.2) is 34.4 Å². The van der Waals surface area contributed by atoms with Crippen molar-refractivity contribution in [2.45, 2.75) is 6.92 Å². The molecule has 2 rings (SSSR count). The highest BCUT2D eigenvalue weighted by atomic mass is 19.1. The molecule has 0 saturated heterocycles. The molecule has 0 aliphatic carbocycles. The molecule has 0 fully saturated rings. The third-order valence-corrected chi connectivity index (χ3v) is 2.33. The largest absolute Gasteiger partial charge is 0.361 e. The number of nitrogens with zero attached hydrogens (tertiary/aromatic N) is 2. The molecular weight excluding hydrogens is 205 g/mol. The summed E-state index contributed by atoms with van der Waals surface area (Å²) in [4.78, 5) is 11.0. The van der Waals surface area contributed by atoms with Crippen molar-refractivity contribution in [1.82, 2.24) is 4.98 Å². The van der Waals surface area contributed by atoms with Crippen molar-refractivity contribution in [3.63, 3.8) is 0 Å². The van der Waals surface area contributed by atoms with E-state index in [1.165, 1.54) is 12.1 Å². The molecule has 0 aliphatic heterocycles. The molecule has 3 nitrogen and oxygen atoms in total. The van der Waals surface area contributed by atoms with Crippen molar-refractivity contribution in [1.29, 1.82) is 0 Å². The van der Waals surface area contributed by atoms with Crippen LogP contribution in [0.25, 0.3) is 10.9 Å². The van der Waals surface area contributed by atoms with Crippen molar-refractivity contribution in [3.8, 4) is 0 Å². The zero-order valence-electron chi connectivity index (χ0n) is 9.00. The van der Waals surface area contributed by atoms with Crippen LogP contribution in [0.1, 0.15) is 12.5 Å². The lowest BCUT2D eigenvalue weighted by Crippen LogP contribution is -1.99. The van der Waals surface area contributed by atoms with Crippen LogP contribution >= 0.6 is 0 Å². The van der Waals surface area contributed by atoms with Gasteiger partial charge in [-0.05, 0) is 31.8 Å². The van der Waals surface area contributed by atoms with Crippen LogP contribution in [0.4, 0.5) is 4.39 Å². The molecule has 2 aromatic rings. The second-order valence-electron chi connectivity index (χ2n) is 3.35. The third-order valence-electron chi connectivity index (χ3n) is 2.33. The van der Waals surface area contributed by atoms with Gasteiger partial charge in [-0.25, -0.2) is 9.38 Å². The van der Waals surface area contributed by atoms with E-state index in [4.69, 9.17) is 0 Å². The van der Waals surface area contributed by atoms with Crippen molar-refractivity contribution in [2.75, 3.05) is 6.54 Å². The maximum Gasteiger partial charge on any atom is 0.154 e. The van der Waals surface area contributed by atoms with E-state index in [1.54, 1.807) is 6.20 Å². The van der Waals surface area contributed by atoms with Gasteiger partial charge in [0, 0.05) is 29.2 Å². The number of hydrogen-bond donors (Lipinski definition) is 1. The molecule has 0 aliphatic rings. The number of hydrogen-bond acceptors (Lipinski definition) is 1. The first-order valence-electron chi connectivity index (χ1n) is 5.04. The van der Waals surface area contributed by atoms with Crippen LogP contribution in [-0.4, -0.2) is 24.1 Å². The third kappa shape index (κ3) is 1.74. The van der Waals surface area contributed by atoms with Gasteiger partial charge in [0.2, 0.25) is 0 Å². The summed E-state index contributed by atoms with van der Waals surface area (Å²) in [6, 6.07) is 4.76. The summed E-state index contributed by atoms with van der Waals surface area (Å²) in [5.74, 6) is 0.170. The Balaban J connectivity index is 2.70. The molecular formula is C12H12FN3. The Kier molecular flexibility index (Phi) is 2.81. The van der Waals surface area contributed by atoms with Gasteiger partial charge in [0.15, 0.2) is 5.84 Å². The number of H-pyrrole nitrogens is 1. The van der Waals surface area contributed by atoms with Gasteiger partial charge in [-0.3, -0.25) is 4.99 Å². The van der Waals surface area contributed by atoms with Gasteiger partial charge in [-0.15, -0.1) is 0 Å². The second kappa shape index (κ2) is 4.26. The number of aromatic nitrogens is 1. The molecule has 0 radical (unpaired) electrons. The van der Waals surface area contributed by atoms with Crippen molar-refractivity contribution < 1.29 is 4.39 Å². The Hall–Kier alpha value is -1.97. The van der Waals surface area contributed by atoms with Crippen LogP contribution in [0.3, 0.4) is 0 Å². The number of aromatic amines is 1. The fraction of sp³-hybridized carbons (Fsp3) is 0.167. The maximum absolute atomic E-state index is 13.4. The van der Waals surface area contributed by atoms with Crippen molar-refractivity contribution in [3.05, 3.63) is 35.8 Å². The Morgan fingerprint density at radius 1 is 1.50 bits per heavy atom. The number of halogens is 1. The quantitative estimate of drug-likeness (QED) is 0.593. The van der Waals surface area contributed by atoms with E-state index < -0.39 is 0 Å². The summed E-state index contributed by atoms with van der Waals surface area (Å²) in [5.41, 5.74) is 1.41.